The number of amides is 1. The predicted octanol–water partition coefficient (Wildman–Crippen LogP) is 3.02. The van der Waals surface area contributed by atoms with Crippen LogP contribution in [0.5, 0.6) is 0 Å². The van der Waals surface area contributed by atoms with Gasteiger partial charge in [-0.15, -0.1) is 0 Å². The first-order valence-electron chi connectivity index (χ1n) is 11.0. The minimum absolute atomic E-state index is 0.117. The van der Waals surface area contributed by atoms with E-state index in [4.69, 9.17) is 11.6 Å². The third-order valence-electron chi connectivity index (χ3n) is 6.52. The molecule has 9 heteroatoms. The van der Waals surface area contributed by atoms with Crippen molar-refractivity contribution in [3.8, 4) is 0 Å². The summed E-state index contributed by atoms with van der Waals surface area (Å²) in [6, 6.07) is 4.69. The number of sulfonamides is 1. The number of nitrogens with zero attached hydrogens (tertiary/aromatic N) is 1. The van der Waals surface area contributed by atoms with Crippen molar-refractivity contribution in [2.75, 3.05) is 13.1 Å². The van der Waals surface area contributed by atoms with Gasteiger partial charge in [0.05, 0.1) is 21.6 Å². The number of hydrogen-bond donors (Lipinski definition) is 3. The minimum atomic E-state index is -3.60. The quantitative estimate of drug-likeness (QED) is 0.614. The molecule has 0 spiro atoms. The molecule has 1 aliphatic carbocycles. The molecule has 2 unspecified atom stereocenters. The summed E-state index contributed by atoms with van der Waals surface area (Å²) in [5.74, 6) is 0.394. The van der Waals surface area contributed by atoms with Gasteiger partial charge in [0.1, 0.15) is 0 Å². The lowest BCUT2D eigenvalue weighted by atomic mass is 9.84. The minimum Gasteiger partial charge on any atom is -0.335 e. The molecule has 1 amide bonds. The highest BCUT2D eigenvalue weighted by Crippen LogP contribution is 2.29. The van der Waals surface area contributed by atoms with Crippen LogP contribution in [0.3, 0.4) is 0 Å². The molecular weight excluding hydrogens is 424 g/mol. The van der Waals surface area contributed by atoms with E-state index in [9.17, 15) is 13.2 Å². The van der Waals surface area contributed by atoms with E-state index in [0.717, 1.165) is 31.6 Å². The number of halogens is 1. The van der Waals surface area contributed by atoms with Crippen molar-refractivity contribution in [3.05, 3.63) is 28.8 Å². The zero-order chi connectivity index (χ0) is 21.1. The standard InChI is InChI=1S/C21H31ClN4O3S/c22-19-9-8-17(30(28,29)26-10-4-5-11-26)14-18(19)21(27)23-20-13-16(24-25-20)12-15-6-2-1-3-7-15/h8-9,14-16,20,24-25H,1-7,10-13H2,(H,23,27). The lowest BCUT2D eigenvalue weighted by molar-refractivity contribution is 0.0932. The summed E-state index contributed by atoms with van der Waals surface area (Å²) in [4.78, 5) is 13.0. The SMILES string of the molecule is O=C(NC1CC(CC2CCCCC2)NN1)c1cc(S(=O)(=O)N2CCCC2)ccc1Cl. The number of hydrazine groups is 1. The van der Waals surface area contributed by atoms with Gasteiger partial charge in [0.25, 0.3) is 5.91 Å². The van der Waals surface area contributed by atoms with Crippen LogP contribution in [0, 0.1) is 5.92 Å². The normalized spacial score (nSPS) is 26.2. The Morgan fingerprint density at radius 2 is 1.83 bits per heavy atom. The molecule has 30 heavy (non-hydrogen) atoms. The number of nitrogens with one attached hydrogen (secondary N) is 3. The summed E-state index contributed by atoms with van der Waals surface area (Å²) in [6.07, 6.45) is 10.0. The van der Waals surface area contributed by atoms with Crippen molar-refractivity contribution >= 4 is 27.5 Å². The molecular formula is C21H31ClN4O3S. The summed E-state index contributed by atoms with van der Waals surface area (Å²) in [5.41, 5.74) is 6.64. The molecule has 3 fully saturated rings. The summed E-state index contributed by atoms with van der Waals surface area (Å²) in [5, 5.41) is 3.19. The Labute approximate surface area is 183 Å². The fourth-order valence-corrected chi connectivity index (χ4v) is 6.60. The summed E-state index contributed by atoms with van der Waals surface area (Å²) in [6.45, 7) is 1.04. The molecule has 1 aromatic carbocycles. The van der Waals surface area contributed by atoms with Crippen LogP contribution < -0.4 is 16.2 Å². The first-order valence-corrected chi connectivity index (χ1v) is 12.9. The van der Waals surface area contributed by atoms with E-state index >= 15 is 0 Å². The molecule has 7 nitrogen and oxygen atoms in total. The molecule has 0 radical (unpaired) electrons. The second kappa shape index (κ2) is 9.53. The molecule has 2 saturated heterocycles. The van der Waals surface area contributed by atoms with Gasteiger partial charge in [-0.05, 0) is 49.8 Å². The van der Waals surface area contributed by atoms with Gasteiger partial charge in [0, 0.05) is 19.1 Å². The van der Waals surface area contributed by atoms with Gasteiger partial charge in [-0.25, -0.2) is 13.8 Å². The molecule has 2 atom stereocenters. The number of carbonyl (C=O) groups is 1. The van der Waals surface area contributed by atoms with Crippen molar-refractivity contribution in [1.29, 1.82) is 0 Å². The molecule has 2 heterocycles. The highest BCUT2D eigenvalue weighted by Gasteiger charge is 2.30. The first kappa shape index (κ1) is 22.0. The van der Waals surface area contributed by atoms with E-state index in [1.807, 2.05) is 0 Å². The van der Waals surface area contributed by atoms with Gasteiger partial charge >= 0.3 is 0 Å². The monoisotopic (exact) mass is 454 g/mol. The lowest BCUT2D eigenvalue weighted by Crippen LogP contribution is -2.44. The van der Waals surface area contributed by atoms with Crippen LogP contribution in [0.15, 0.2) is 23.1 Å². The van der Waals surface area contributed by atoms with Crippen molar-refractivity contribution < 1.29 is 13.2 Å². The smallest absolute Gasteiger partial charge is 0.254 e. The first-order chi connectivity index (χ1) is 14.4. The van der Waals surface area contributed by atoms with E-state index < -0.39 is 10.0 Å². The molecule has 1 aromatic rings. The van der Waals surface area contributed by atoms with Gasteiger partial charge in [-0.1, -0.05) is 43.7 Å². The van der Waals surface area contributed by atoms with Crippen LogP contribution in [0.4, 0.5) is 0 Å². The second-order valence-corrected chi connectivity index (χ2v) is 11.1. The molecule has 3 N–H and O–H groups in total. The number of carbonyl (C=O) groups excluding carboxylic acids is 1. The van der Waals surface area contributed by atoms with Gasteiger partial charge in [0.15, 0.2) is 0 Å². The maximum atomic E-state index is 12.8. The van der Waals surface area contributed by atoms with Gasteiger partial charge in [0.2, 0.25) is 10.0 Å². The number of hydrogen-bond acceptors (Lipinski definition) is 5. The lowest BCUT2D eigenvalue weighted by Gasteiger charge is -2.24. The fraction of sp³-hybridized carbons (Fsp3) is 0.667. The molecule has 166 valence electrons. The summed E-state index contributed by atoms with van der Waals surface area (Å²) in [7, 11) is -3.60. The van der Waals surface area contributed by atoms with Crippen molar-refractivity contribution in [2.24, 2.45) is 5.92 Å². The van der Waals surface area contributed by atoms with E-state index in [2.05, 4.69) is 16.2 Å². The topological polar surface area (TPSA) is 90.5 Å². The van der Waals surface area contributed by atoms with Crippen LogP contribution in [-0.4, -0.2) is 43.9 Å². The third-order valence-corrected chi connectivity index (χ3v) is 8.74. The third kappa shape index (κ3) is 4.99. The summed E-state index contributed by atoms with van der Waals surface area (Å²) < 4.78 is 27.1. The van der Waals surface area contributed by atoms with Crippen molar-refractivity contribution in [1.82, 2.24) is 20.5 Å². The van der Waals surface area contributed by atoms with Gasteiger partial charge in [-0.3, -0.25) is 10.2 Å². The van der Waals surface area contributed by atoms with Crippen LogP contribution in [0.1, 0.15) is 68.1 Å². The molecule has 0 aromatic heterocycles. The Balaban J connectivity index is 1.38. The Bertz CT molecular complexity index is 867. The zero-order valence-corrected chi connectivity index (χ0v) is 18.8. The highest BCUT2D eigenvalue weighted by atomic mass is 35.5. The average Bonchev–Trinajstić information content (AvgIpc) is 3.42. The van der Waals surface area contributed by atoms with Crippen LogP contribution >= 0.6 is 11.6 Å². The maximum absolute atomic E-state index is 12.8. The molecule has 0 bridgehead atoms. The van der Waals surface area contributed by atoms with E-state index in [-0.39, 0.29) is 27.6 Å². The largest absolute Gasteiger partial charge is 0.335 e. The van der Waals surface area contributed by atoms with Crippen molar-refractivity contribution in [3.63, 3.8) is 0 Å². The fourth-order valence-electron chi connectivity index (χ4n) is 4.85. The number of benzene rings is 1. The average molecular weight is 455 g/mol. The zero-order valence-electron chi connectivity index (χ0n) is 17.2. The molecule has 3 aliphatic rings. The second-order valence-electron chi connectivity index (χ2n) is 8.74. The maximum Gasteiger partial charge on any atom is 0.254 e. The molecule has 2 aliphatic heterocycles. The van der Waals surface area contributed by atoms with Gasteiger partial charge < -0.3 is 5.32 Å². The molecule has 4 rings (SSSR count). The van der Waals surface area contributed by atoms with E-state index in [0.29, 0.717) is 19.1 Å². The van der Waals surface area contributed by atoms with Crippen molar-refractivity contribution in [2.45, 2.75) is 74.9 Å². The highest BCUT2D eigenvalue weighted by molar-refractivity contribution is 7.89. The predicted molar refractivity (Wildman–Crippen MR) is 117 cm³/mol. The van der Waals surface area contributed by atoms with Crippen LogP contribution in [-0.2, 0) is 10.0 Å². The van der Waals surface area contributed by atoms with E-state index in [1.54, 1.807) is 0 Å². The van der Waals surface area contributed by atoms with E-state index in [1.165, 1.54) is 54.6 Å². The Kier molecular flexibility index (Phi) is 6.99. The van der Waals surface area contributed by atoms with Crippen LogP contribution in [0.2, 0.25) is 5.02 Å². The number of rotatable bonds is 6. The Morgan fingerprint density at radius 3 is 2.57 bits per heavy atom. The Hall–Kier alpha value is -1.19. The summed E-state index contributed by atoms with van der Waals surface area (Å²) >= 11 is 6.24. The van der Waals surface area contributed by atoms with Crippen LogP contribution in [0.25, 0.3) is 0 Å². The molecule has 1 saturated carbocycles. The Morgan fingerprint density at radius 1 is 1.10 bits per heavy atom. The van der Waals surface area contributed by atoms with Gasteiger partial charge in [-0.2, -0.15) is 4.31 Å².